The summed E-state index contributed by atoms with van der Waals surface area (Å²) in [5.41, 5.74) is 2.58. The summed E-state index contributed by atoms with van der Waals surface area (Å²) in [7, 11) is 0. The Balaban J connectivity index is 2.73. The molecule has 0 fully saturated rings. The van der Waals surface area contributed by atoms with Gasteiger partial charge in [0.15, 0.2) is 0 Å². The highest BCUT2D eigenvalue weighted by molar-refractivity contribution is 6.36. The molecule has 1 N–H and O–H groups in total. The van der Waals surface area contributed by atoms with Crippen LogP contribution in [0.1, 0.15) is 5.56 Å². The summed E-state index contributed by atoms with van der Waals surface area (Å²) >= 11 is 11.1. The van der Waals surface area contributed by atoms with Gasteiger partial charge in [-0.2, -0.15) is 0 Å². The van der Waals surface area contributed by atoms with Gasteiger partial charge in [-0.05, 0) is 19.1 Å². The Kier molecular flexibility index (Phi) is 4.23. The predicted octanol–water partition coefficient (Wildman–Crippen LogP) is 3.87. The van der Waals surface area contributed by atoms with Crippen molar-refractivity contribution < 1.29 is 4.39 Å². The summed E-state index contributed by atoms with van der Waals surface area (Å²) in [5.74, 6) is -0.235. The predicted molar refractivity (Wildman–Crippen MR) is 59.4 cm³/mol. The van der Waals surface area contributed by atoms with Crippen LogP contribution in [-0.2, 0) is 0 Å². The lowest BCUT2D eigenvalue weighted by Gasteiger charge is -2.08. The van der Waals surface area contributed by atoms with Gasteiger partial charge in [-0.1, -0.05) is 29.3 Å². The van der Waals surface area contributed by atoms with Crippen molar-refractivity contribution in [2.45, 2.75) is 6.92 Å². The van der Waals surface area contributed by atoms with E-state index in [0.717, 1.165) is 5.69 Å². The van der Waals surface area contributed by atoms with Crippen LogP contribution in [0.5, 0.6) is 0 Å². The van der Waals surface area contributed by atoms with Crippen LogP contribution in [0, 0.1) is 12.7 Å². The van der Waals surface area contributed by atoms with Crippen LogP contribution < -0.4 is 5.32 Å². The van der Waals surface area contributed by atoms with Crippen molar-refractivity contribution in [2.75, 3.05) is 11.9 Å². The van der Waals surface area contributed by atoms with Crippen molar-refractivity contribution in [1.29, 1.82) is 0 Å². The van der Waals surface area contributed by atoms with Gasteiger partial charge in [0.05, 0.1) is 6.54 Å². The molecular formula is C10H10Cl2FN. The SMILES string of the molecule is Cc1c(F)cccc1NC/C(Cl)=C/Cl. The molecule has 0 saturated heterocycles. The van der Waals surface area contributed by atoms with Gasteiger partial charge in [-0.15, -0.1) is 0 Å². The first kappa shape index (κ1) is 11.3. The lowest BCUT2D eigenvalue weighted by atomic mass is 10.2. The maximum absolute atomic E-state index is 13.1. The fourth-order valence-electron chi connectivity index (χ4n) is 1.02. The lowest BCUT2D eigenvalue weighted by molar-refractivity contribution is 0.619. The van der Waals surface area contributed by atoms with Gasteiger partial charge in [0.2, 0.25) is 0 Å². The first-order chi connectivity index (χ1) is 6.65. The highest BCUT2D eigenvalue weighted by Crippen LogP contribution is 2.18. The van der Waals surface area contributed by atoms with E-state index in [1.54, 1.807) is 19.1 Å². The van der Waals surface area contributed by atoms with Crippen molar-refractivity contribution in [1.82, 2.24) is 0 Å². The molecule has 1 aromatic carbocycles. The number of rotatable bonds is 3. The Morgan fingerprint density at radius 2 is 2.29 bits per heavy atom. The zero-order valence-electron chi connectivity index (χ0n) is 7.65. The highest BCUT2D eigenvalue weighted by atomic mass is 35.5. The summed E-state index contributed by atoms with van der Waals surface area (Å²) in [6, 6.07) is 4.85. The third kappa shape index (κ3) is 2.89. The number of nitrogens with one attached hydrogen (secondary N) is 1. The van der Waals surface area contributed by atoms with Crippen LogP contribution >= 0.6 is 23.2 Å². The fourth-order valence-corrected chi connectivity index (χ4v) is 1.16. The van der Waals surface area contributed by atoms with Crippen molar-refractivity contribution in [3.8, 4) is 0 Å². The molecule has 0 bridgehead atoms. The first-order valence-corrected chi connectivity index (χ1v) is 4.90. The molecule has 0 unspecified atom stereocenters. The maximum Gasteiger partial charge on any atom is 0.128 e. The average Bonchev–Trinajstić information content (AvgIpc) is 2.20. The number of hydrogen-bond acceptors (Lipinski definition) is 1. The minimum Gasteiger partial charge on any atom is -0.380 e. The standard InChI is InChI=1S/C10H10Cl2FN/c1-7-9(13)3-2-4-10(7)14-6-8(12)5-11/h2-5,14H,6H2,1H3/b8-5-. The van der Waals surface area contributed by atoms with E-state index in [4.69, 9.17) is 23.2 Å². The monoisotopic (exact) mass is 233 g/mol. The molecule has 1 aromatic rings. The van der Waals surface area contributed by atoms with E-state index in [2.05, 4.69) is 5.32 Å². The molecule has 0 aliphatic rings. The average molecular weight is 234 g/mol. The van der Waals surface area contributed by atoms with Gasteiger partial charge < -0.3 is 5.32 Å². The third-order valence-corrected chi connectivity index (χ3v) is 2.45. The normalized spacial score (nSPS) is 11.6. The molecule has 0 atom stereocenters. The van der Waals surface area contributed by atoms with E-state index in [-0.39, 0.29) is 5.82 Å². The van der Waals surface area contributed by atoms with Gasteiger partial charge >= 0.3 is 0 Å². The van der Waals surface area contributed by atoms with Gasteiger partial charge in [0.25, 0.3) is 0 Å². The molecule has 0 aromatic heterocycles. The number of anilines is 1. The molecule has 0 radical (unpaired) electrons. The second-order valence-electron chi connectivity index (χ2n) is 2.82. The number of halogens is 3. The third-order valence-electron chi connectivity index (χ3n) is 1.83. The summed E-state index contributed by atoms with van der Waals surface area (Å²) in [4.78, 5) is 0. The van der Waals surface area contributed by atoms with Gasteiger partial charge in [0.1, 0.15) is 5.82 Å². The largest absolute Gasteiger partial charge is 0.380 e. The smallest absolute Gasteiger partial charge is 0.128 e. The Hall–Kier alpha value is -0.730. The molecule has 4 heteroatoms. The van der Waals surface area contributed by atoms with Gasteiger partial charge in [0, 0.05) is 21.8 Å². The summed E-state index contributed by atoms with van der Waals surface area (Å²) in [5, 5.41) is 3.46. The van der Waals surface area contributed by atoms with Crippen molar-refractivity contribution in [2.24, 2.45) is 0 Å². The molecule has 0 saturated carbocycles. The minimum atomic E-state index is -0.235. The minimum absolute atomic E-state index is 0.235. The molecule has 1 nitrogen and oxygen atoms in total. The van der Waals surface area contributed by atoms with Crippen molar-refractivity contribution in [3.05, 3.63) is 40.1 Å². The van der Waals surface area contributed by atoms with Gasteiger partial charge in [-0.25, -0.2) is 4.39 Å². The van der Waals surface area contributed by atoms with Crippen LogP contribution in [0.4, 0.5) is 10.1 Å². The van der Waals surface area contributed by atoms with Crippen LogP contribution in [0.2, 0.25) is 0 Å². The zero-order chi connectivity index (χ0) is 10.6. The lowest BCUT2D eigenvalue weighted by Crippen LogP contribution is -2.03. The molecular weight excluding hydrogens is 224 g/mol. The molecule has 76 valence electrons. The maximum atomic E-state index is 13.1. The summed E-state index contributed by atoms with van der Waals surface area (Å²) in [6.45, 7) is 2.10. The molecule has 0 spiro atoms. The molecule has 0 aliphatic carbocycles. The van der Waals surface area contributed by atoms with E-state index in [0.29, 0.717) is 17.1 Å². The number of hydrogen-bond donors (Lipinski definition) is 1. The van der Waals surface area contributed by atoms with E-state index < -0.39 is 0 Å². The molecule has 0 aliphatic heterocycles. The molecule has 0 heterocycles. The highest BCUT2D eigenvalue weighted by Gasteiger charge is 2.02. The van der Waals surface area contributed by atoms with Crippen LogP contribution in [0.25, 0.3) is 0 Å². The van der Waals surface area contributed by atoms with Crippen LogP contribution in [0.3, 0.4) is 0 Å². The number of benzene rings is 1. The molecule has 14 heavy (non-hydrogen) atoms. The van der Waals surface area contributed by atoms with Crippen LogP contribution in [-0.4, -0.2) is 6.54 Å². The second kappa shape index (κ2) is 5.23. The summed E-state index contributed by atoms with van der Waals surface area (Å²) < 4.78 is 13.1. The quantitative estimate of drug-likeness (QED) is 0.837. The Morgan fingerprint density at radius 1 is 1.57 bits per heavy atom. The van der Waals surface area contributed by atoms with Crippen molar-refractivity contribution in [3.63, 3.8) is 0 Å². The molecule has 1 rings (SSSR count). The van der Waals surface area contributed by atoms with E-state index in [9.17, 15) is 4.39 Å². The van der Waals surface area contributed by atoms with Gasteiger partial charge in [-0.3, -0.25) is 0 Å². The molecule has 0 amide bonds. The van der Waals surface area contributed by atoms with Crippen molar-refractivity contribution >= 4 is 28.9 Å². The fraction of sp³-hybridized carbons (Fsp3) is 0.200. The zero-order valence-corrected chi connectivity index (χ0v) is 9.16. The topological polar surface area (TPSA) is 12.0 Å². The summed E-state index contributed by atoms with van der Waals surface area (Å²) in [6.07, 6.45) is 0. The van der Waals surface area contributed by atoms with Crippen LogP contribution in [0.15, 0.2) is 28.8 Å². The van der Waals surface area contributed by atoms with E-state index in [1.165, 1.54) is 11.6 Å². The Labute approximate surface area is 92.5 Å². The Morgan fingerprint density at radius 3 is 2.93 bits per heavy atom. The first-order valence-electron chi connectivity index (χ1n) is 4.09. The second-order valence-corrected chi connectivity index (χ2v) is 3.53. The van der Waals surface area contributed by atoms with E-state index in [1.807, 2.05) is 0 Å². The van der Waals surface area contributed by atoms with E-state index >= 15 is 0 Å². The Bertz CT molecular complexity index is 350.